The molecule has 0 aromatic rings. The van der Waals surface area contributed by atoms with Crippen molar-refractivity contribution < 1.29 is 4.74 Å². The van der Waals surface area contributed by atoms with Crippen LogP contribution in [0, 0.1) is 6.08 Å². The highest BCUT2D eigenvalue weighted by molar-refractivity contribution is 4.91. The van der Waals surface area contributed by atoms with Crippen LogP contribution in [-0.2, 0) is 4.74 Å². The van der Waals surface area contributed by atoms with Crippen molar-refractivity contribution in [3.05, 3.63) is 24.6 Å². The van der Waals surface area contributed by atoms with Gasteiger partial charge in [0.25, 0.3) is 0 Å². The first kappa shape index (κ1) is 4.24. The zero-order valence-electron chi connectivity index (χ0n) is 3.85. The van der Waals surface area contributed by atoms with Gasteiger partial charge in [0.2, 0.25) is 0 Å². The van der Waals surface area contributed by atoms with Gasteiger partial charge in [0.05, 0.1) is 6.26 Å². The lowest BCUT2D eigenvalue weighted by Gasteiger charge is -1.93. The minimum atomic E-state index is 0.545. The molecule has 1 aliphatic rings. The smallest absolute Gasteiger partial charge is 0.157 e. The summed E-state index contributed by atoms with van der Waals surface area (Å²) in [6.07, 6.45) is 7.82. The van der Waals surface area contributed by atoms with Crippen molar-refractivity contribution in [2.45, 2.75) is 0 Å². The van der Waals surface area contributed by atoms with E-state index in [0.717, 1.165) is 0 Å². The molecule has 0 fully saturated rings. The highest BCUT2D eigenvalue weighted by atomic mass is 16.5. The predicted octanol–water partition coefficient (Wildman–Crippen LogP) is 0.394. The number of nitrogens with one attached hydrogen (secondary N) is 1. The Morgan fingerprint density at radius 1 is 1.71 bits per heavy atom. The van der Waals surface area contributed by atoms with E-state index in [0.29, 0.717) is 6.73 Å². The molecule has 0 spiro atoms. The van der Waals surface area contributed by atoms with E-state index in [1.54, 1.807) is 18.5 Å². The number of rotatable bonds is 0. The van der Waals surface area contributed by atoms with Crippen molar-refractivity contribution >= 4 is 0 Å². The average molecular weight is 96.1 g/mol. The van der Waals surface area contributed by atoms with Crippen LogP contribution in [-0.4, -0.2) is 6.73 Å². The minimum Gasteiger partial charge on any atom is -0.481 e. The molecule has 1 radical (unpaired) electrons. The number of allylic oxidation sites excluding steroid dienone is 2. The molecular weight excluding hydrogens is 90.1 g/mol. The lowest BCUT2D eigenvalue weighted by atomic mass is 10.6. The Kier molecular flexibility index (Phi) is 1.39. The first-order chi connectivity index (χ1) is 3.50. The van der Waals surface area contributed by atoms with Gasteiger partial charge in [0.15, 0.2) is 6.73 Å². The van der Waals surface area contributed by atoms with Gasteiger partial charge in [-0.15, -0.1) is 0 Å². The Bertz CT molecular complexity index is 84.3. The molecule has 7 heavy (non-hydrogen) atoms. The molecule has 1 rings (SSSR count). The first-order valence-electron chi connectivity index (χ1n) is 2.08. The molecular formula is C5H6NO. The van der Waals surface area contributed by atoms with Crippen molar-refractivity contribution in [3.8, 4) is 0 Å². The van der Waals surface area contributed by atoms with E-state index in [1.807, 2.05) is 0 Å². The van der Waals surface area contributed by atoms with Gasteiger partial charge in [-0.3, -0.25) is 0 Å². The van der Waals surface area contributed by atoms with Gasteiger partial charge in [0, 0.05) is 12.3 Å². The Labute approximate surface area is 42.5 Å². The van der Waals surface area contributed by atoms with Crippen LogP contribution >= 0.6 is 0 Å². The quantitative estimate of drug-likeness (QED) is 0.471. The largest absolute Gasteiger partial charge is 0.481 e. The summed E-state index contributed by atoms with van der Waals surface area (Å²) in [4.78, 5) is 0. The number of hydrogen-bond donors (Lipinski definition) is 1. The topological polar surface area (TPSA) is 21.3 Å². The van der Waals surface area contributed by atoms with Crippen LogP contribution in [0.15, 0.2) is 18.5 Å². The molecule has 1 heterocycles. The fraction of sp³-hybridized carbons (Fsp3) is 0.200. The lowest BCUT2D eigenvalue weighted by Crippen LogP contribution is -2.05. The average Bonchev–Trinajstić information content (AvgIpc) is 1.90. The molecule has 0 aromatic carbocycles. The number of hydrogen-bond acceptors (Lipinski definition) is 2. The lowest BCUT2D eigenvalue weighted by molar-refractivity contribution is 0.239. The van der Waals surface area contributed by atoms with Crippen LogP contribution < -0.4 is 5.32 Å². The van der Waals surface area contributed by atoms with Gasteiger partial charge in [0.1, 0.15) is 0 Å². The van der Waals surface area contributed by atoms with Gasteiger partial charge >= 0.3 is 0 Å². The maximum Gasteiger partial charge on any atom is 0.157 e. The third-order valence-electron chi connectivity index (χ3n) is 0.613. The molecule has 0 saturated carbocycles. The van der Waals surface area contributed by atoms with Crippen molar-refractivity contribution in [2.24, 2.45) is 0 Å². The molecule has 1 N–H and O–H groups in total. The van der Waals surface area contributed by atoms with Gasteiger partial charge in [-0.2, -0.15) is 0 Å². The maximum atomic E-state index is 4.81. The van der Waals surface area contributed by atoms with E-state index in [-0.39, 0.29) is 0 Å². The van der Waals surface area contributed by atoms with Gasteiger partial charge in [-0.1, -0.05) is 0 Å². The highest BCUT2D eigenvalue weighted by Crippen LogP contribution is 1.80. The minimum absolute atomic E-state index is 0.545. The summed E-state index contributed by atoms with van der Waals surface area (Å²) in [5, 5.41) is 2.83. The fourth-order valence-electron chi connectivity index (χ4n) is 0.332. The zero-order chi connectivity index (χ0) is 4.95. The first-order valence-corrected chi connectivity index (χ1v) is 2.08. The van der Waals surface area contributed by atoms with E-state index >= 15 is 0 Å². The summed E-state index contributed by atoms with van der Waals surface area (Å²) in [5.74, 6) is 0. The second kappa shape index (κ2) is 2.29. The highest BCUT2D eigenvalue weighted by Gasteiger charge is 1.77. The van der Waals surface area contributed by atoms with Crippen molar-refractivity contribution in [1.82, 2.24) is 5.32 Å². The fourth-order valence-corrected chi connectivity index (χ4v) is 0.332. The maximum absolute atomic E-state index is 4.81. The summed E-state index contributed by atoms with van der Waals surface area (Å²) in [5.41, 5.74) is 0. The van der Waals surface area contributed by atoms with Crippen molar-refractivity contribution in [2.75, 3.05) is 6.73 Å². The summed E-state index contributed by atoms with van der Waals surface area (Å²) in [6.45, 7) is 0.545. The van der Waals surface area contributed by atoms with Crippen LogP contribution in [0.25, 0.3) is 0 Å². The molecule has 1 aliphatic heterocycles. The second-order valence-corrected chi connectivity index (χ2v) is 1.13. The van der Waals surface area contributed by atoms with Crippen LogP contribution in [0.5, 0.6) is 0 Å². The molecule has 0 atom stereocenters. The Morgan fingerprint density at radius 2 is 2.71 bits per heavy atom. The van der Waals surface area contributed by atoms with E-state index in [1.165, 1.54) is 0 Å². The predicted molar refractivity (Wildman–Crippen MR) is 26.0 cm³/mol. The van der Waals surface area contributed by atoms with E-state index < -0.39 is 0 Å². The summed E-state index contributed by atoms with van der Waals surface area (Å²) < 4.78 is 4.81. The third kappa shape index (κ3) is 1.30. The zero-order valence-corrected chi connectivity index (χ0v) is 3.85. The number of ether oxygens (including phenoxy) is 1. The van der Waals surface area contributed by atoms with Crippen LogP contribution in [0.2, 0.25) is 0 Å². The van der Waals surface area contributed by atoms with E-state index in [9.17, 15) is 0 Å². The molecule has 0 bridgehead atoms. The van der Waals surface area contributed by atoms with Gasteiger partial charge in [-0.05, 0) is 6.08 Å². The standard InChI is InChI=1S/C5H6NO/c1-2-4-7-5-6-3-1/h2-4,6H,5H2. The molecule has 0 unspecified atom stereocenters. The molecule has 0 aliphatic carbocycles. The van der Waals surface area contributed by atoms with Crippen molar-refractivity contribution in [1.29, 1.82) is 0 Å². The third-order valence-corrected chi connectivity index (χ3v) is 0.613. The molecule has 2 heteroatoms. The molecule has 0 amide bonds. The normalized spacial score (nSPS) is 17.1. The molecule has 0 aromatic heterocycles. The van der Waals surface area contributed by atoms with Crippen LogP contribution in [0.1, 0.15) is 0 Å². The Balaban J connectivity index is 2.39. The SMILES string of the molecule is [C]1=CNCOC=C1. The van der Waals surface area contributed by atoms with Gasteiger partial charge < -0.3 is 10.1 Å². The van der Waals surface area contributed by atoms with E-state index in [4.69, 9.17) is 4.74 Å². The van der Waals surface area contributed by atoms with Crippen LogP contribution in [0.3, 0.4) is 0 Å². The molecule has 2 nitrogen and oxygen atoms in total. The Morgan fingerprint density at radius 3 is 3.71 bits per heavy atom. The summed E-state index contributed by atoms with van der Waals surface area (Å²) >= 11 is 0. The van der Waals surface area contributed by atoms with Crippen LogP contribution in [0.4, 0.5) is 0 Å². The van der Waals surface area contributed by atoms with Crippen molar-refractivity contribution in [3.63, 3.8) is 0 Å². The summed E-state index contributed by atoms with van der Waals surface area (Å²) in [6, 6.07) is 0. The summed E-state index contributed by atoms with van der Waals surface area (Å²) in [7, 11) is 0. The van der Waals surface area contributed by atoms with Gasteiger partial charge in [-0.25, -0.2) is 0 Å². The monoisotopic (exact) mass is 96.0 g/mol. The second-order valence-electron chi connectivity index (χ2n) is 1.13. The Hall–Kier alpha value is -0.920. The molecule has 37 valence electrons. The van der Waals surface area contributed by atoms with E-state index in [2.05, 4.69) is 11.4 Å². The molecule has 0 saturated heterocycles.